The predicted molar refractivity (Wildman–Crippen MR) is 70.2 cm³/mol. The summed E-state index contributed by atoms with van der Waals surface area (Å²) in [6, 6.07) is 7.46. The van der Waals surface area contributed by atoms with E-state index in [0.717, 1.165) is 11.3 Å². The molecule has 1 aliphatic heterocycles. The summed E-state index contributed by atoms with van der Waals surface area (Å²) in [6.07, 6.45) is 0.0651. The second-order valence-corrected chi connectivity index (χ2v) is 4.32. The molecule has 3 N–H and O–H groups in total. The van der Waals surface area contributed by atoms with Gasteiger partial charge in [0, 0.05) is 11.6 Å². The minimum absolute atomic E-state index is 0.0651. The van der Waals surface area contributed by atoms with Crippen LogP contribution in [-0.4, -0.2) is 36.6 Å². The lowest BCUT2D eigenvalue weighted by Crippen LogP contribution is -2.38. The second-order valence-electron chi connectivity index (χ2n) is 4.32. The smallest absolute Gasteiger partial charge is 0.171 e. The number of para-hydroxylation sites is 1. The summed E-state index contributed by atoms with van der Waals surface area (Å²) in [5.41, 5.74) is 7.31. The van der Waals surface area contributed by atoms with Crippen molar-refractivity contribution in [3.05, 3.63) is 24.3 Å². The third-order valence-corrected chi connectivity index (χ3v) is 2.98. The monoisotopic (exact) mass is 261 g/mol. The summed E-state index contributed by atoms with van der Waals surface area (Å²) in [6.45, 7) is 1.20. The van der Waals surface area contributed by atoms with Crippen LogP contribution in [0.2, 0.25) is 0 Å². The van der Waals surface area contributed by atoms with E-state index in [2.05, 4.69) is 10.2 Å². The van der Waals surface area contributed by atoms with Gasteiger partial charge in [0.25, 0.3) is 0 Å². The third-order valence-electron chi connectivity index (χ3n) is 2.98. The molecule has 1 aliphatic rings. The molecular formula is C13H15N3O3. The molecule has 19 heavy (non-hydrogen) atoms. The van der Waals surface area contributed by atoms with Gasteiger partial charge in [-0.1, -0.05) is 6.07 Å². The molecule has 1 aromatic carbocycles. The molecule has 1 saturated heterocycles. The van der Waals surface area contributed by atoms with E-state index < -0.39 is 0 Å². The molecule has 3 rings (SSSR count). The number of methoxy groups -OCH3 is 1. The summed E-state index contributed by atoms with van der Waals surface area (Å²) < 4.78 is 16.4. The van der Waals surface area contributed by atoms with Gasteiger partial charge in [-0.25, -0.2) is 0 Å². The molecule has 6 nitrogen and oxygen atoms in total. The first kappa shape index (κ1) is 11.9. The van der Waals surface area contributed by atoms with Crippen LogP contribution in [0.3, 0.4) is 0 Å². The van der Waals surface area contributed by atoms with E-state index in [0.29, 0.717) is 30.5 Å². The molecule has 0 unspecified atom stereocenters. The van der Waals surface area contributed by atoms with Gasteiger partial charge in [-0.05, 0) is 12.1 Å². The number of aromatic nitrogens is 2. The predicted octanol–water partition coefficient (Wildman–Crippen LogP) is 1.45. The fraction of sp³-hybridized carbons (Fsp3) is 0.308. The van der Waals surface area contributed by atoms with E-state index in [4.69, 9.17) is 19.9 Å². The molecule has 0 saturated carbocycles. The number of nitrogens with two attached hydrogens (primary N) is 1. The Morgan fingerprint density at radius 3 is 2.84 bits per heavy atom. The zero-order chi connectivity index (χ0) is 13.2. The van der Waals surface area contributed by atoms with Crippen molar-refractivity contribution in [1.82, 2.24) is 10.2 Å². The first-order valence-corrected chi connectivity index (χ1v) is 6.00. The van der Waals surface area contributed by atoms with Gasteiger partial charge in [0.2, 0.25) is 0 Å². The van der Waals surface area contributed by atoms with E-state index in [9.17, 15) is 0 Å². The molecule has 2 aromatic rings. The minimum Gasteiger partial charge on any atom is -0.493 e. The Morgan fingerprint density at radius 1 is 1.42 bits per heavy atom. The Balaban J connectivity index is 2.01. The van der Waals surface area contributed by atoms with E-state index in [-0.39, 0.29) is 6.10 Å². The SMILES string of the molecule is COc1cccc(-c2cc(N)n[nH]2)c1OC1COC1. The number of anilines is 1. The highest BCUT2D eigenvalue weighted by molar-refractivity contribution is 5.72. The van der Waals surface area contributed by atoms with Gasteiger partial charge in [-0.15, -0.1) is 0 Å². The average Bonchev–Trinajstić information content (AvgIpc) is 2.80. The molecule has 6 heteroatoms. The van der Waals surface area contributed by atoms with Crippen LogP contribution in [0, 0.1) is 0 Å². The molecular weight excluding hydrogens is 246 g/mol. The van der Waals surface area contributed by atoms with Crippen LogP contribution in [0.4, 0.5) is 5.82 Å². The van der Waals surface area contributed by atoms with Gasteiger partial charge >= 0.3 is 0 Å². The number of nitrogens with zero attached hydrogens (tertiary/aromatic N) is 1. The summed E-state index contributed by atoms with van der Waals surface area (Å²) >= 11 is 0. The summed E-state index contributed by atoms with van der Waals surface area (Å²) in [7, 11) is 1.62. The third kappa shape index (κ3) is 2.22. The van der Waals surface area contributed by atoms with Crippen LogP contribution in [0.15, 0.2) is 24.3 Å². The number of rotatable bonds is 4. The fourth-order valence-electron chi connectivity index (χ4n) is 1.93. The first-order valence-electron chi connectivity index (χ1n) is 6.00. The highest BCUT2D eigenvalue weighted by atomic mass is 16.6. The van der Waals surface area contributed by atoms with Gasteiger partial charge in [0.05, 0.1) is 26.0 Å². The van der Waals surface area contributed by atoms with Crippen molar-refractivity contribution in [2.24, 2.45) is 0 Å². The van der Waals surface area contributed by atoms with Gasteiger partial charge in [-0.2, -0.15) is 5.10 Å². The van der Waals surface area contributed by atoms with Crippen LogP contribution in [0.1, 0.15) is 0 Å². The highest BCUT2D eigenvalue weighted by Crippen LogP contribution is 2.38. The molecule has 0 spiro atoms. The van der Waals surface area contributed by atoms with Crippen LogP contribution >= 0.6 is 0 Å². The maximum absolute atomic E-state index is 5.93. The maximum atomic E-state index is 5.93. The molecule has 0 bridgehead atoms. The number of benzene rings is 1. The van der Waals surface area contributed by atoms with Gasteiger partial charge in [-0.3, -0.25) is 5.10 Å². The number of ether oxygens (including phenoxy) is 3. The van der Waals surface area contributed by atoms with Crippen LogP contribution in [0.5, 0.6) is 11.5 Å². The molecule has 0 amide bonds. The quantitative estimate of drug-likeness (QED) is 0.870. The van der Waals surface area contributed by atoms with Crippen molar-refractivity contribution >= 4 is 5.82 Å². The number of nitrogens with one attached hydrogen (secondary N) is 1. The number of hydrogen-bond donors (Lipinski definition) is 2. The normalized spacial score (nSPS) is 15.0. The lowest BCUT2D eigenvalue weighted by Gasteiger charge is -2.28. The topological polar surface area (TPSA) is 82.4 Å². The summed E-state index contributed by atoms with van der Waals surface area (Å²) in [5.74, 6) is 1.80. The molecule has 0 atom stereocenters. The summed E-state index contributed by atoms with van der Waals surface area (Å²) in [5, 5.41) is 6.82. The second kappa shape index (κ2) is 4.81. The zero-order valence-corrected chi connectivity index (χ0v) is 10.6. The first-order chi connectivity index (χ1) is 9.28. The van der Waals surface area contributed by atoms with Crippen molar-refractivity contribution in [2.45, 2.75) is 6.10 Å². The molecule has 1 aromatic heterocycles. The van der Waals surface area contributed by atoms with Crippen molar-refractivity contribution in [3.63, 3.8) is 0 Å². The Hall–Kier alpha value is -2.21. The molecule has 100 valence electrons. The van der Waals surface area contributed by atoms with Gasteiger partial charge in [0.15, 0.2) is 11.5 Å². The van der Waals surface area contributed by atoms with Crippen molar-refractivity contribution in [2.75, 3.05) is 26.1 Å². The minimum atomic E-state index is 0.0651. The van der Waals surface area contributed by atoms with E-state index >= 15 is 0 Å². The average molecular weight is 261 g/mol. The van der Waals surface area contributed by atoms with Gasteiger partial charge in [0.1, 0.15) is 11.9 Å². The van der Waals surface area contributed by atoms with Crippen molar-refractivity contribution in [3.8, 4) is 22.8 Å². The van der Waals surface area contributed by atoms with E-state index in [1.165, 1.54) is 0 Å². The Kier molecular flexibility index (Phi) is 3.00. The standard InChI is InChI=1S/C13H15N3O3/c1-17-11-4-2-3-9(10-5-12(14)16-15-10)13(11)19-8-6-18-7-8/h2-5,8H,6-7H2,1H3,(H3,14,15,16). The van der Waals surface area contributed by atoms with Gasteiger partial charge < -0.3 is 19.9 Å². The Bertz CT molecular complexity index is 578. The number of hydrogen-bond acceptors (Lipinski definition) is 5. The maximum Gasteiger partial charge on any atom is 0.171 e. The molecule has 0 aliphatic carbocycles. The molecule has 1 fully saturated rings. The van der Waals surface area contributed by atoms with Crippen molar-refractivity contribution in [1.29, 1.82) is 0 Å². The lowest BCUT2D eigenvalue weighted by molar-refractivity contribution is -0.0801. The number of aromatic amines is 1. The molecule has 2 heterocycles. The number of nitrogen functional groups attached to an aromatic ring is 1. The number of H-pyrrole nitrogens is 1. The zero-order valence-electron chi connectivity index (χ0n) is 10.6. The largest absolute Gasteiger partial charge is 0.493 e. The van der Waals surface area contributed by atoms with E-state index in [1.807, 2.05) is 18.2 Å². The Labute approximate surface area is 110 Å². The molecule has 0 radical (unpaired) electrons. The van der Waals surface area contributed by atoms with Crippen LogP contribution in [-0.2, 0) is 4.74 Å². The lowest BCUT2D eigenvalue weighted by atomic mass is 10.1. The van der Waals surface area contributed by atoms with E-state index in [1.54, 1.807) is 13.2 Å². The van der Waals surface area contributed by atoms with Crippen LogP contribution in [0.25, 0.3) is 11.3 Å². The van der Waals surface area contributed by atoms with Crippen molar-refractivity contribution < 1.29 is 14.2 Å². The van der Waals surface area contributed by atoms with Crippen LogP contribution < -0.4 is 15.2 Å². The summed E-state index contributed by atoms with van der Waals surface area (Å²) in [4.78, 5) is 0. The fourth-order valence-corrected chi connectivity index (χ4v) is 1.93. The Morgan fingerprint density at radius 2 is 2.26 bits per heavy atom. The highest BCUT2D eigenvalue weighted by Gasteiger charge is 2.24.